The fourth-order valence-electron chi connectivity index (χ4n) is 2.18. The molecule has 106 valence electrons. The van der Waals surface area contributed by atoms with Crippen LogP contribution in [0.4, 0.5) is 5.69 Å². The van der Waals surface area contributed by atoms with Crippen molar-refractivity contribution in [2.75, 3.05) is 25.1 Å². The smallest absolute Gasteiger partial charge is 0.227 e. The van der Waals surface area contributed by atoms with Gasteiger partial charge >= 0.3 is 0 Å². The molecule has 1 aliphatic rings. The van der Waals surface area contributed by atoms with E-state index in [-0.39, 0.29) is 11.8 Å². The zero-order chi connectivity index (χ0) is 14.4. The molecule has 0 bridgehead atoms. The molecule has 0 saturated carbocycles. The topological polar surface area (TPSA) is 64.3 Å². The van der Waals surface area contributed by atoms with E-state index in [1.54, 1.807) is 0 Å². The predicted molar refractivity (Wildman–Crippen MR) is 79.3 cm³/mol. The molecule has 0 unspecified atom stereocenters. The Morgan fingerprint density at radius 3 is 2.90 bits per heavy atom. The largest absolute Gasteiger partial charge is 0.381 e. The molecule has 0 spiro atoms. The quantitative estimate of drug-likeness (QED) is 0.805. The van der Waals surface area contributed by atoms with Crippen LogP contribution in [0.2, 0.25) is 0 Å². The number of nitrogens with two attached hydrogens (primary N) is 1. The number of aryl methyl sites for hydroxylation is 1. The highest BCUT2D eigenvalue weighted by molar-refractivity contribution is 5.92. The molecule has 0 radical (unpaired) electrons. The van der Waals surface area contributed by atoms with Crippen molar-refractivity contribution in [2.24, 2.45) is 11.7 Å². The van der Waals surface area contributed by atoms with Crippen molar-refractivity contribution in [3.05, 3.63) is 29.3 Å². The number of carbonyl (C=O) groups excluding carboxylic acids is 1. The van der Waals surface area contributed by atoms with Gasteiger partial charge in [-0.15, -0.1) is 0 Å². The van der Waals surface area contributed by atoms with Crippen LogP contribution in [-0.4, -0.2) is 25.7 Å². The minimum Gasteiger partial charge on any atom is -0.381 e. The number of benzene rings is 1. The number of hydrogen-bond acceptors (Lipinski definition) is 3. The van der Waals surface area contributed by atoms with Gasteiger partial charge in [-0.2, -0.15) is 0 Å². The minimum absolute atomic E-state index is 0.0450. The molecule has 0 aromatic heterocycles. The lowest BCUT2D eigenvalue weighted by molar-refractivity contribution is -0.122. The molecule has 0 aliphatic carbocycles. The second kappa shape index (κ2) is 7.09. The highest BCUT2D eigenvalue weighted by Gasteiger charge is 2.21. The van der Waals surface area contributed by atoms with Gasteiger partial charge in [-0.25, -0.2) is 0 Å². The molecule has 1 aromatic carbocycles. The molecular formula is C16H20N2O2. The van der Waals surface area contributed by atoms with Gasteiger partial charge in [-0.05, 0) is 37.5 Å². The van der Waals surface area contributed by atoms with Gasteiger partial charge in [0.25, 0.3) is 0 Å². The molecule has 3 N–H and O–H groups in total. The van der Waals surface area contributed by atoms with Gasteiger partial charge in [0, 0.05) is 30.4 Å². The van der Waals surface area contributed by atoms with E-state index >= 15 is 0 Å². The SMILES string of the molecule is Cc1ccc(NC(=O)C2CCOCC2)cc1C#CCN. The predicted octanol–water partition coefficient (Wildman–Crippen LogP) is 1.67. The zero-order valence-electron chi connectivity index (χ0n) is 11.7. The van der Waals surface area contributed by atoms with Crippen molar-refractivity contribution in [1.82, 2.24) is 0 Å². The van der Waals surface area contributed by atoms with Crippen molar-refractivity contribution in [2.45, 2.75) is 19.8 Å². The van der Waals surface area contributed by atoms with Gasteiger partial charge in [0.2, 0.25) is 5.91 Å². The van der Waals surface area contributed by atoms with Crippen LogP contribution in [0.15, 0.2) is 18.2 Å². The monoisotopic (exact) mass is 272 g/mol. The van der Waals surface area contributed by atoms with Crippen LogP contribution in [-0.2, 0) is 9.53 Å². The fourth-order valence-corrected chi connectivity index (χ4v) is 2.18. The Kier molecular flexibility index (Phi) is 5.16. The lowest BCUT2D eigenvalue weighted by Gasteiger charge is -2.21. The second-order valence-corrected chi connectivity index (χ2v) is 4.91. The molecule has 1 aromatic rings. The zero-order valence-corrected chi connectivity index (χ0v) is 11.7. The molecule has 20 heavy (non-hydrogen) atoms. The van der Waals surface area contributed by atoms with E-state index in [4.69, 9.17) is 10.5 Å². The molecule has 1 amide bonds. The Morgan fingerprint density at radius 2 is 2.20 bits per heavy atom. The van der Waals surface area contributed by atoms with Crippen molar-refractivity contribution in [3.8, 4) is 11.8 Å². The summed E-state index contributed by atoms with van der Waals surface area (Å²) < 4.78 is 5.27. The highest BCUT2D eigenvalue weighted by atomic mass is 16.5. The molecule has 4 nitrogen and oxygen atoms in total. The van der Waals surface area contributed by atoms with E-state index < -0.39 is 0 Å². The Hall–Kier alpha value is -1.83. The first-order valence-corrected chi connectivity index (χ1v) is 6.89. The van der Waals surface area contributed by atoms with Crippen LogP contribution in [0.3, 0.4) is 0 Å². The van der Waals surface area contributed by atoms with Crippen molar-refractivity contribution in [3.63, 3.8) is 0 Å². The summed E-state index contributed by atoms with van der Waals surface area (Å²) in [6, 6.07) is 5.76. The third-order valence-electron chi connectivity index (χ3n) is 3.42. The van der Waals surface area contributed by atoms with Crippen LogP contribution < -0.4 is 11.1 Å². The molecule has 2 rings (SSSR count). The summed E-state index contributed by atoms with van der Waals surface area (Å²) in [7, 11) is 0. The third kappa shape index (κ3) is 3.83. The van der Waals surface area contributed by atoms with Crippen molar-refractivity contribution in [1.29, 1.82) is 0 Å². The summed E-state index contributed by atoms with van der Waals surface area (Å²) in [6.45, 7) is 3.65. The third-order valence-corrected chi connectivity index (χ3v) is 3.42. The summed E-state index contributed by atoms with van der Waals surface area (Å²) in [5.74, 6) is 5.97. The molecule has 1 heterocycles. The molecule has 0 atom stereocenters. The van der Waals surface area contributed by atoms with Crippen LogP contribution in [0.1, 0.15) is 24.0 Å². The number of nitrogens with one attached hydrogen (secondary N) is 1. The summed E-state index contributed by atoms with van der Waals surface area (Å²) in [6.07, 6.45) is 1.58. The fraction of sp³-hybridized carbons (Fsp3) is 0.438. The van der Waals surface area contributed by atoms with E-state index in [0.29, 0.717) is 19.8 Å². The van der Waals surface area contributed by atoms with Crippen LogP contribution in [0.25, 0.3) is 0 Å². The van der Waals surface area contributed by atoms with Gasteiger partial charge in [0.1, 0.15) is 0 Å². The van der Waals surface area contributed by atoms with E-state index in [2.05, 4.69) is 17.2 Å². The van der Waals surface area contributed by atoms with Gasteiger partial charge < -0.3 is 15.8 Å². The normalized spacial score (nSPS) is 15.3. The van der Waals surface area contributed by atoms with Gasteiger partial charge in [-0.3, -0.25) is 4.79 Å². The highest BCUT2D eigenvalue weighted by Crippen LogP contribution is 2.19. The summed E-state index contributed by atoms with van der Waals surface area (Å²) in [4.78, 5) is 12.2. The molecule has 1 fully saturated rings. The summed E-state index contributed by atoms with van der Waals surface area (Å²) in [5.41, 5.74) is 8.15. The summed E-state index contributed by atoms with van der Waals surface area (Å²) >= 11 is 0. The van der Waals surface area contributed by atoms with E-state index in [1.807, 2.05) is 25.1 Å². The van der Waals surface area contributed by atoms with Gasteiger partial charge in [0.15, 0.2) is 0 Å². The maximum absolute atomic E-state index is 12.2. The van der Waals surface area contributed by atoms with Crippen LogP contribution >= 0.6 is 0 Å². The Morgan fingerprint density at radius 1 is 1.45 bits per heavy atom. The van der Waals surface area contributed by atoms with Crippen LogP contribution in [0.5, 0.6) is 0 Å². The Balaban J connectivity index is 2.07. The number of anilines is 1. The van der Waals surface area contributed by atoms with E-state index in [9.17, 15) is 4.79 Å². The van der Waals surface area contributed by atoms with E-state index in [1.165, 1.54) is 0 Å². The number of rotatable bonds is 2. The minimum atomic E-state index is 0.0450. The van der Waals surface area contributed by atoms with E-state index in [0.717, 1.165) is 29.7 Å². The average molecular weight is 272 g/mol. The lowest BCUT2D eigenvalue weighted by Crippen LogP contribution is -2.28. The lowest BCUT2D eigenvalue weighted by atomic mass is 9.99. The molecule has 4 heteroatoms. The number of hydrogen-bond donors (Lipinski definition) is 2. The van der Waals surface area contributed by atoms with Crippen LogP contribution in [0, 0.1) is 24.7 Å². The number of ether oxygens (including phenoxy) is 1. The first-order chi connectivity index (χ1) is 9.70. The van der Waals surface area contributed by atoms with Gasteiger partial charge in [0.05, 0.1) is 6.54 Å². The van der Waals surface area contributed by atoms with Crippen molar-refractivity contribution < 1.29 is 9.53 Å². The maximum atomic E-state index is 12.2. The Labute approximate surface area is 119 Å². The molecule has 1 saturated heterocycles. The first kappa shape index (κ1) is 14.6. The van der Waals surface area contributed by atoms with Gasteiger partial charge in [-0.1, -0.05) is 17.9 Å². The Bertz CT molecular complexity index is 537. The standard InChI is InChI=1S/C16H20N2O2/c1-12-4-5-15(11-14(12)3-2-8-17)18-16(19)13-6-9-20-10-7-13/h4-5,11,13H,6-10,17H2,1H3,(H,18,19). The number of amides is 1. The molecular weight excluding hydrogens is 252 g/mol. The van der Waals surface area contributed by atoms with Crippen molar-refractivity contribution >= 4 is 11.6 Å². The maximum Gasteiger partial charge on any atom is 0.227 e. The molecule has 1 aliphatic heterocycles. The summed E-state index contributed by atoms with van der Waals surface area (Å²) in [5, 5.41) is 2.96. The first-order valence-electron chi connectivity index (χ1n) is 6.89. The average Bonchev–Trinajstić information content (AvgIpc) is 2.48. The second-order valence-electron chi connectivity index (χ2n) is 4.91. The number of carbonyl (C=O) groups is 1.